The lowest BCUT2D eigenvalue weighted by atomic mass is 9.87. The van der Waals surface area contributed by atoms with Crippen molar-refractivity contribution in [3.63, 3.8) is 0 Å². The number of Topliss-reactive ketones (excluding diaryl/α,β-unsaturated/α-hetero) is 1. The summed E-state index contributed by atoms with van der Waals surface area (Å²) in [6, 6.07) is 31.3. The summed E-state index contributed by atoms with van der Waals surface area (Å²) in [6.45, 7) is 36.6. The van der Waals surface area contributed by atoms with Gasteiger partial charge in [-0.2, -0.15) is 0 Å². The third kappa shape index (κ3) is 14.2. The van der Waals surface area contributed by atoms with Gasteiger partial charge in [0.1, 0.15) is 18.5 Å². The molecule has 0 spiro atoms. The minimum absolute atomic E-state index is 0.0576. The maximum atomic E-state index is 13.8. The number of aliphatic hydroxyl groups excluding tert-OH is 2. The van der Waals surface area contributed by atoms with Crippen LogP contribution >= 0.6 is 0 Å². The first kappa shape index (κ1) is 59.9. The highest BCUT2D eigenvalue weighted by Gasteiger charge is 2.62. The fourth-order valence-corrected chi connectivity index (χ4v) is 18.3. The highest BCUT2D eigenvalue weighted by molar-refractivity contribution is 6.99. The van der Waals surface area contributed by atoms with Crippen molar-refractivity contribution >= 4 is 41.1 Å². The van der Waals surface area contributed by atoms with E-state index in [0.717, 1.165) is 12.0 Å². The molecule has 13 heteroatoms. The summed E-state index contributed by atoms with van der Waals surface area (Å²) >= 11 is 0. The Morgan fingerprint density at radius 2 is 1.27 bits per heavy atom. The van der Waals surface area contributed by atoms with Gasteiger partial charge in [-0.15, -0.1) is 0 Å². The van der Waals surface area contributed by atoms with Crippen molar-refractivity contribution in [3.05, 3.63) is 96.6 Å². The first-order chi connectivity index (χ1) is 33.8. The normalized spacial score (nSPS) is 26.9. The van der Waals surface area contributed by atoms with E-state index in [1.807, 2.05) is 37.3 Å². The van der Waals surface area contributed by atoms with E-state index < -0.39 is 66.4 Å². The molecule has 0 amide bonds. The Kier molecular flexibility index (Phi) is 19.1. The Labute approximate surface area is 444 Å². The minimum atomic E-state index is -2.77. The highest BCUT2D eigenvalue weighted by Crippen LogP contribution is 2.53. The van der Waals surface area contributed by atoms with E-state index in [1.54, 1.807) is 0 Å². The van der Waals surface area contributed by atoms with Crippen LogP contribution in [0.15, 0.2) is 91.0 Å². The van der Waals surface area contributed by atoms with Gasteiger partial charge in [-0.1, -0.05) is 160 Å². The molecule has 3 aliphatic heterocycles. The molecule has 3 aliphatic rings. The van der Waals surface area contributed by atoms with Gasteiger partial charge in [0.25, 0.3) is 8.32 Å². The molecule has 10 atom stereocenters. The number of fused-ring (bicyclic) bond motifs is 2. The Morgan fingerprint density at radius 3 is 1.82 bits per heavy atom. The van der Waals surface area contributed by atoms with Gasteiger partial charge in [0.2, 0.25) is 0 Å². The maximum Gasteiger partial charge on any atom is 0.261 e. The molecule has 3 saturated heterocycles. The molecule has 0 unspecified atom stereocenters. The second kappa shape index (κ2) is 23.3. The summed E-state index contributed by atoms with van der Waals surface area (Å²) in [5, 5.41) is 26.0. The molecule has 73 heavy (non-hydrogen) atoms. The van der Waals surface area contributed by atoms with E-state index >= 15 is 0 Å². The monoisotopic (exact) mass is 1060 g/mol. The van der Waals surface area contributed by atoms with E-state index in [0.29, 0.717) is 58.3 Å². The van der Waals surface area contributed by atoms with E-state index in [9.17, 15) is 15.0 Å². The maximum absolute atomic E-state index is 13.8. The lowest BCUT2D eigenvalue weighted by molar-refractivity contribution is -0.343. The second-order valence-electron chi connectivity index (χ2n) is 26.7. The zero-order chi connectivity index (χ0) is 53.9. The van der Waals surface area contributed by atoms with Crippen LogP contribution in [0.2, 0.25) is 41.3 Å². The van der Waals surface area contributed by atoms with Crippen LogP contribution in [-0.2, 0) is 43.6 Å². The van der Waals surface area contributed by atoms with Gasteiger partial charge in [0.15, 0.2) is 22.4 Å². The molecule has 3 heterocycles. The van der Waals surface area contributed by atoms with Crippen molar-refractivity contribution in [1.29, 1.82) is 0 Å². The Bertz CT molecular complexity index is 2170. The summed E-state index contributed by atoms with van der Waals surface area (Å²) in [5.74, 6) is -1.00. The summed E-state index contributed by atoms with van der Waals surface area (Å²) in [4.78, 5) is 13.8. The van der Waals surface area contributed by atoms with Crippen LogP contribution in [0.3, 0.4) is 0 Å². The third-order valence-electron chi connectivity index (χ3n) is 17.4. The summed E-state index contributed by atoms with van der Waals surface area (Å²) < 4.78 is 49.4. The number of carbonyl (C=O) groups excluding carboxylic acids is 1. The van der Waals surface area contributed by atoms with Crippen LogP contribution in [0.5, 0.6) is 0 Å². The number of benzene rings is 3. The molecule has 2 N–H and O–H groups in total. The fraction of sp³-hybridized carbons (Fsp3) is 0.683. The van der Waals surface area contributed by atoms with Crippen LogP contribution in [-0.4, -0.2) is 108 Å². The molecule has 3 aromatic rings. The zero-order valence-corrected chi connectivity index (χ0v) is 50.8. The van der Waals surface area contributed by atoms with Gasteiger partial charge in [-0.05, 0) is 96.8 Å². The van der Waals surface area contributed by atoms with Crippen LogP contribution in [0.25, 0.3) is 0 Å². The molecule has 3 fully saturated rings. The lowest BCUT2D eigenvalue weighted by Gasteiger charge is -2.47. The van der Waals surface area contributed by atoms with Gasteiger partial charge in [0, 0.05) is 44.6 Å². The molecule has 408 valence electrons. The lowest BCUT2D eigenvalue weighted by Crippen LogP contribution is -2.67. The smallest absolute Gasteiger partial charge is 0.261 e. The molecule has 0 saturated carbocycles. The predicted octanol–water partition coefficient (Wildman–Crippen LogP) is 12.0. The Hall–Kier alpha value is -2.38. The first-order valence-corrected chi connectivity index (χ1v) is 35.2. The minimum Gasteiger partial charge on any atom is -0.411 e. The van der Waals surface area contributed by atoms with Crippen molar-refractivity contribution in [2.45, 2.75) is 242 Å². The van der Waals surface area contributed by atoms with Crippen LogP contribution in [0, 0.1) is 5.92 Å². The number of carbonyl (C=O) groups is 1. The van der Waals surface area contributed by atoms with Crippen molar-refractivity contribution in [3.8, 4) is 0 Å². The standard InChI is InChI=1S/C60H96O10Si3/c1-44(41-65-73(57(8,9)10,47-30-22-18-23-31-47)48-32-24-19-25-33-48)49(62)34-26-29-46(61)35-36-50(63)54(69-72(15,16)56(5,6)7)59(12)40-52(68-71(13,14)55(2,3)4)53(67-59)51-39-58(11)37-38-60(66-51,70-58)43-64-42-45-27-20-17-21-28-45/h17-25,27-28,30-33,44,49-54,62-63H,26,29,34-43H2,1-16H3/t44-,49-,50+,51+,52+,53+,54-,58-,59+,60-/m0/s1. The summed E-state index contributed by atoms with van der Waals surface area (Å²) in [6.07, 6.45) is 0.950. The number of hydrogen-bond donors (Lipinski definition) is 2. The van der Waals surface area contributed by atoms with Gasteiger partial charge in [0.05, 0.1) is 48.3 Å². The molecule has 2 bridgehead atoms. The fourth-order valence-electron chi connectivity index (χ4n) is 10.9. The number of aliphatic hydroxyl groups is 2. The average molecular weight is 1060 g/mol. The molecule has 0 radical (unpaired) electrons. The quantitative estimate of drug-likeness (QED) is 0.0839. The average Bonchev–Trinajstić information content (AvgIpc) is 3.77. The predicted molar refractivity (Wildman–Crippen MR) is 302 cm³/mol. The van der Waals surface area contributed by atoms with Gasteiger partial charge >= 0.3 is 0 Å². The molecule has 0 aliphatic carbocycles. The molecular weight excluding hydrogens is 965 g/mol. The molecular formula is C60H96O10Si3. The van der Waals surface area contributed by atoms with Crippen molar-refractivity contribution in [1.82, 2.24) is 0 Å². The van der Waals surface area contributed by atoms with Crippen LogP contribution in [0.4, 0.5) is 0 Å². The number of ether oxygens (including phenoxy) is 4. The topological polar surface area (TPSA) is 122 Å². The molecule has 3 aromatic carbocycles. The van der Waals surface area contributed by atoms with Crippen LogP contribution < -0.4 is 10.4 Å². The van der Waals surface area contributed by atoms with E-state index in [1.165, 1.54) is 10.4 Å². The van der Waals surface area contributed by atoms with Gasteiger partial charge in [-0.3, -0.25) is 4.79 Å². The van der Waals surface area contributed by atoms with Crippen LogP contribution in [0.1, 0.15) is 146 Å². The SMILES string of the molecule is C[C@@H](CO[Si](c1ccccc1)(c1ccccc1)C(C)(C)C)[C@@H](O)CCCC(=O)CC[C@@H](O)[C@H](O[Si](C)(C)C(C)(C)C)[C@@]1(C)C[C@@H](O[Si](C)(C)C(C)(C)C)[C@@H]([C@H]2C[C@]3(C)CC[C@](COCc4ccccc4)(O2)O3)O1. The summed E-state index contributed by atoms with van der Waals surface area (Å²) in [7, 11) is -7.63. The zero-order valence-electron chi connectivity index (χ0n) is 47.8. The largest absolute Gasteiger partial charge is 0.411 e. The van der Waals surface area contributed by atoms with E-state index in [4.69, 9.17) is 32.2 Å². The van der Waals surface area contributed by atoms with Crippen molar-refractivity contribution < 1.29 is 47.2 Å². The van der Waals surface area contributed by atoms with Crippen molar-refractivity contribution in [2.24, 2.45) is 5.92 Å². The van der Waals surface area contributed by atoms with Gasteiger partial charge in [-0.25, -0.2) is 0 Å². The van der Waals surface area contributed by atoms with E-state index in [-0.39, 0.29) is 51.9 Å². The molecule has 10 nitrogen and oxygen atoms in total. The number of hydrogen-bond acceptors (Lipinski definition) is 10. The van der Waals surface area contributed by atoms with Gasteiger partial charge < -0.3 is 42.4 Å². The summed E-state index contributed by atoms with van der Waals surface area (Å²) in [5.41, 5.74) is -0.299. The molecule has 6 rings (SSSR count). The number of rotatable bonds is 24. The number of ketones is 1. The Balaban J connectivity index is 1.14. The first-order valence-electron chi connectivity index (χ1n) is 27.5. The van der Waals surface area contributed by atoms with E-state index in [2.05, 4.69) is 163 Å². The Morgan fingerprint density at radius 1 is 0.712 bits per heavy atom. The second-order valence-corrected chi connectivity index (χ2v) is 40.5. The highest BCUT2D eigenvalue weighted by atomic mass is 28.4. The molecule has 0 aromatic heterocycles. The third-order valence-corrected chi connectivity index (χ3v) is 31.4. The van der Waals surface area contributed by atoms with Crippen molar-refractivity contribution in [2.75, 3.05) is 13.2 Å².